The third-order valence-corrected chi connectivity index (χ3v) is 6.84. The minimum Gasteiger partial charge on any atom is -0.381 e. The van der Waals surface area contributed by atoms with Gasteiger partial charge in [-0.1, -0.05) is 6.92 Å². The molecule has 0 bridgehead atoms. The van der Waals surface area contributed by atoms with Crippen molar-refractivity contribution in [1.29, 1.82) is 0 Å². The second-order valence-corrected chi connectivity index (χ2v) is 8.25. The first-order valence-electron chi connectivity index (χ1n) is 9.50. The van der Waals surface area contributed by atoms with E-state index < -0.39 is 0 Å². The normalized spacial score (nSPS) is 24.0. The van der Waals surface area contributed by atoms with E-state index in [4.69, 9.17) is 9.73 Å². The topological polar surface area (TPSA) is 40.1 Å². The fourth-order valence-electron chi connectivity index (χ4n) is 3.78. The van der Waals surface area contributed by atoms with E-state index in [0.29, 0.717) is 6.04 Å². The standard InChI is InChI=1S/C18H36N4OS.HI/c1-5-19-17(20-15-18(24-4)9-12-23-13-10-18)21(3)14-16-8-7-11-22(16)6-2;/h16H,5-15H2,1-4H3,(H,19,20);1H. The lowest BCUT2D eigenvalue weighted by atomic mass is 9.99. The minimum absolute atomic E-state index is 0. The molecule has 148 valence electrons. The first-order chi connectivity index (χ1) is 11.6. The van der Waals surface area contributed by atoms with E-state index in [1.165, 1.54) is 19.4 Å². The summed E-state index contributed by atoms with van der Waals surface area (Å²) in [6, 6.07) is 0.668. The number of hydrogen-bond donors (Lipinski definition) is 1. The fraction of sp³-hybridized carbons (Fsp3) is 0.944. The van der Waals surface area contributed by atoms with Gasteiger partial charge in [-0.2, -0.15) is 11.8 Å². The van der Waals surface area contributed by atoms with Crippen molar-refractivity contribution in [3.8, 4) is 0 Å². The zero-order valence-electron chi connectivity index (χ0n) is 16.4. The van der Waals surface area contributed by atoms with Gasteiger partial charge < -0.3 is 15.0 Å². The van der Waals surface area contributed by atoms with Crippen molar-refractivity contribution >= 4 is 41.7 Å². The lowest BCUT2D eigenvalue weighted by Gasteiger charge is -2.35. The zero-order valence-corrected chi connectivity index (χ0v) is 19.6. The van der Waals surface area contributed by atoms with Crippen molar-refractivity contribution < 1.29 is 4.74 Å². The molecule has 1 unspecified atom stereocenters. The summed E-state index contributed by atoms with van der Waals surface area (Å²) in [7, 11) is 2.18. The van der Waals surface area contributed by atoms with Crippen LogP contribution in [0.4, 0.5) is 0 Å². The third-order valence-electron chi connectivity index (χ3n) is 5.44. The molecule has 0 radical (unpaired) electrons. The van der Waals surface area contributed by atoms with Crippen LogP contribution in [0.15, 0.2) is 4.99 Å². The molecule has 2 aliphatic rings. The van der Waals surface area contributed by atoms with Crippen LogP contribution in [0.5, 0.6) is 0 Å². The second-order valence-electron chi connectivity index (χ2n) is 6.97. The van der Waals surface area contributed by atoms with Gasteiger partial charge in [-0.05, 0) is 52.0 Å². The van der Waals surface area contributed by atoms with Crippen molar-refractivity contribution in [2.24, 2.45) is 4.99 Å². The molecule has 5 nitrogen and oxygen atoms in total. The summed E-state index contributed by atoms with van der Waals surface area (Å²) in [5.41, 5.74) is 0. The Bertz CT molecular complexity index is 405. The number of halogens is 1. The van der Waals surface area contributed by atoms with Gasteiger partial charge in [0.25, 0.3) is 0 Å². The summed E-state index contributed by atoms with van der Waals surface area (Å²) >= 11 is 1.96. The molecule has 7 heteroatoms. The van der Waals surface area contributed by atoms with E-state index in [1.54, 1.807) is 0 Å². The SMILES string of the molecule is CCNC(=NCC1(SC)CCOCC1)N(C)CC1CCCN1CC.I. The van der Waals surface area contributed by atoms with Crippen molar-refractivity contribution in [3.63, 3.8) is 0 Å². The monoisotopic (exact) mass is 484 g/mol. The van der Waals surface area contributed by atoms with Crippen LogP contribution in [0.2, 0.25) is 0 Å². The first kappa shape index (κ1) is 23.3. The average Bonchev–Trinajstić information content (AvgIpc) is 3.06. The van der Waals surface area contributed by atoms with Crippen LogP contribution in [0.3, 0.4) is 0 Å². The van der Waals surface area contributed by atoms with Crippen molar-refractivity contribution in [1.82, 2.24) is 15.1 Å². The zero-order chi connectivity index (χ0) is 17.4. The Morgan fingerprint density at radius 2 is 2.08 bits per heavy atom. The molecule has 2 heterocycles. The highest BCUT2D eigenvalue weighted by Gasteiger charge is 2.32. The number of nitrogens with zero attached hydrogens (tertiary/aromatic N) is 3. The van der Waals surface area contributed by atoms with Gasteiger partial charge in [-0.25, -0.2) is 0 Å². The average molecular weight is 484 g/mol. The van der Waals surface area contributed by atoms with Crippen molar-refractivity contribution in [3.05, 3.63) is 0 Å². The molecular formula is C18H37IN4OS. The fourth-order valence-corrected chi connectivity index (χ4v) is 4.55. The van der Waals surface area contributed by atoms with Gasteiger partial charge in [0.05, 0.1) is 6.54 Å². The Kier molecular flexibility index (Phi) is 11.1. The molecule has 0 spiro atoms. The Morgan fingerprint density at radius 1 is 1.36 bits per heavy atom. The number of ether oxygens (including phenoxy) is 1. The minimum atomic E-state index is 0. The van der Waals surface area contributed by atoms with E-state index in [2.05, 4.69) is 42.3 Å². The maximum atomic E-state index is 5.55. The molecule has 0 aliphatic carbocycles. The molecule has 1 N–H and O–H groups in total. The number of rotatable bonds is 7. The summed E-state index contributed by atoms with van der Waals surface area (Å²) in [5, 5.41) is 3.49. The van der Waals surface area contributed by atoms with Crippen LogP contribution < -0.4 is 5.32 Å². The van der Waals surface area contributed by atoms with Crippen molar-refractivity contribution in [2.45, 2.75) is 50.3 Å². The molecule has 2 saturated heterocycles. The largest absolute Gasteiger partial charge is 0.381 e. The molecule has 0 aromatic carbocycles. The number of thioether (sulfide) groups is 1. The number of hydrogen-bond acceptors (Lipinski definition) is 4. The van der Waals surface area contributed by atoms with Gasteiger partial charge in [0.2, 0.25) is 0 Å². The van der Waals surface area contributed by atoms with Gasteiger partial charge in [0.1, 0.15) is 0 Å². The highest BCUT2D eigenvalue weighted by atomic mass is 127. The Balaban J connectivity index is 0.00000312. The van der Waals surface area contributed by atoms with Gasteiger partial charge >= 0.3 is 0 Å². The maximum Gasteiger partial charge on any atom is 0.193 e. The summed E-state index contributed by atoms with van der Waals surface area (Å²) in [4.78, 5) is 9.94. The van der Waals surface area contributed by atoms with Gasteiger partial charge in [0.15, 0.2) is 5.96 Å². The van der Waals surface area contributed by atoms with E-state index in [0.717, 1.165) is 58.2 Å². The maximum absolute atomic E-state index is 5.55. The smallest absolute Gasteiger partial charge is 0.193 e. The van der Waals surface area contributed by atoms with E-state index in [1.807, 2.05) is 11.8 Å². The van der Waals surface area contributed by atoms with Gasteiger partial charge in [-0.3, -0.25) is 9.89 Å². The van der Waals surface area contributed by atoms with Crippen LogP contribution in [0.1, 0.15) is 39.5 Å². The number of likely N-dealkylation sites (N-methyl/N-ethyl adjacent to an activating group) is 2. The van der Waals surface area contributed by atoms with Crippen LogP contribution in [-0.4, -0.2) is 85.8 Å². The molecule has 2 fully saturated rings. The number of likely N-dealkylation sites (tertiary alicyclic amines) is 1. The first-order valence-corrected chi connectivity index (χ1v) is 10.7. The van der Waals surface area contributed by atoms with Crippen LogP contribution in [0, 0.1) is 0 Å². The highest BCUT2D eigenvalue weighted by molar-refractivity contribution is 14.0. The van der Waals surface area contributed by atoms with Crippen LogP contribution in [-0.2, 0) is 4.74 Å². The van der Waals surface area contributed by atoms with Gasteiger partial charge in [0, 0.05) is 44.1 Å². The van der Waals surface area contributed by atoms with E-state index in [-0.39, 0.29) is 28.7 Å². The molecule has 0 aromatic rings. The molecule has 0 saturated carbocycles. The van der Waals surface area contributed by atoms with Crippen LogP contribution >= 0.6 is 35.7 Å². The van der Waals surface area contributed by atoms with Gasteiger partial charge in [-0.15, -0.1) is 24.0 Å². The molecule has 1 atom stereocenters. The Morgan fingerprint density at radius 3 is 2.68 bits per heavy atom. The Hall–Kier alpha value is 0.270. The van der Waals surface area contributed by atoms with Crippen molar-refractivity contribution in [2.75, 3.05) is 59.2 Å². The predicted molar refractivity (Wildman–Crippen MR) is 121 cm³/mol. The lowest BCUT2D eigenvalue weighted by molar-refractivity contribution is 0.0793. The third kappa shape index (κ3) is 6.74. The van der Waals surface area contributed by atoms with E-state index >= 15 is 0 Å². The highest BCUT2D eigenvalue weighted by Crippen LogP contribution is 2.34. The predicted octanol–water partition coefficient (Wildman–Crippen LogP) is 2.90. The molecule has 0 aromatic heterocycles. The lowest BCUT2D eigenvalue weighted by Crippen LogP contribution is -2.46. The molecule has 2 aliphatic heterocycles. The molecule has 2 rings (SSSR count). The number of aliphatic imine (C=N–C) groups is 1. The molecule has 25 heavy (non-hydrogen) atoms. The second kappa shape index (κ2) is 11.9. The van der Waals surface area contributed by atoms with Crippen LogP contribution in [0.25, 0.3) is 0 Å². The summed E-state index contributed by atoms with van der Waals surface area (Å²) < 4.78 is 5.80. The quantitative estimate of drug-likeness (QED) is 0.342. The van der Waals surface area contributed by atoms with E-state index in [9.17, 15) is 0 Å². The molecule has 0 amide bonds. The summed E-state index contributed by atoms with van der Waals surface area (Å²) in [5.74, 6) is 1.06. The number of guanidine groups is 1. The summed E-state index contributed by atoms with van der Waals surface area (Å²) in [6.07, 6.45) is 7.06. The Labute approximate surface area is 175 Å². The summed E-state index contributed by atoms with van der Waals surface area (Å²) in [6.45, 7) is 11.4. The molecular weight excluding hydrogens is 447 g/mol. The number of nitrogens with one attached hydrogen (secondary N) is 1.